The number of ether oxygens (including phenoxy) is 1. The van der Waals surface area contributed by atoms with E-state index in [9.17, 15) is 4.79 Å². The number of fused-ring (bicyclic) bond motifs is 1. The Labute approximate surface area is 147 Å². The lowest BCUT2D eigenvalue weighted by Gasteiger charge is -2.42. The molecule has 4 atom stereocenters. The largest absolute Gasteiger partial charge is 0.362 e. The third kappa shape index (κ3) is 2.26. The Balaban J connectivity index is 1.48. The fourth-order valence-electron chi connectivity index (χ4n) is 4.75. The maximum absolute atomic E-state index is 13.4. The molecule has 3 aliphatic heterocycles. The molecule has 0 aromatic heterocycles. The Bertz CT molecular complexity index is 816. The van der Waals surface area contributed by atoms with Crippen molar-refractivity contribution in [3.05, 3.63) is 83.9 Å². The smallest absolute Gasteiger partial charge is 0.229 e. The number of rotatable bonds is 3. The molecule has 0 saturated carbocycles. The van der Waals surface area contributed by atoms with Crippen molar-refractivity contribution in [2.75, 3.05) is 6.54 Å². The molecule has 2 bridgehead atoms. The summed E-state index contributed by atoms with van der Waals surface area (Å²) in [6.45, 7) is 1.44. The van der Waals surface area contributed by atoms with Crippen molar-refractivity contribution >= 4 is 5.91 Å². The number of hydrogen-bond acceptors (Lipinski definition) is 2. The zero-order valence-electron chi connectivity index (χ0n) is 14.0. The Morgan fingerprint density at radius 1 is 1.04 bits per heavy atom. The van der Waals surface area contributed by atoms with Gasteiger partial charge in [0, 0.05) is 19.0 Å². The van der Waals surface area contributed by atoms with Crippen LogP contribution in [-0.2, 0) is 16.1 Å². The molecular weight excluding hydrogens is 310 g/mol. The zero-order valence-corrected chi connectivity index (χ0v) is 14.0. The molecule has 3 aliphatic rings. The fourth-order valence-corrected chi connectivity index (χ4v) is 4.75. The van der Waals surface area contributed by atoms with Gasteiger partial charge in [-0.25, -0.2) is 0 Å². The first-order valence-electron chi connectivity index (χ1n) is 9.02. The molecule has 3 nitrogen and oxygen atoms in total. The minimum Gasteiger partial charge on any atom is -0.362 e. The first-order valence-corrected chi connectivity index (χ1v) is 9.02. The van der Waals surface area contributed by atoms with Crippen LogP contribution >= 0.6 is 0 Å². The number of hydrogen-bond donors (Lipinski definition) is 0. The zero-order chi connectivity index (χ0) is 16.9. The van der Waals surface area contributed by atoms with Crippen LogP contribution in [-0.4, -0.2) is 29.1 Å². The molecule has 3 heterocycles. The van der Waals surface area contributed by atoms with E-state index in [1.165, 1.54) is 11.1 Å². The van der Waals surface area contributed by atoms with E-state index in [0.717, 1.165) is 13.0 Å². The maximum atomic E-state index is 13.4. The van der Waals surface area contributed by atoms with Crippen LogP contribution in [0.4, 0.5) is 0 Å². The molecular formula is C22H21NO2. The molecule has 126 valence electrons. The van der Waals surface area contributed by atoms with Crippen LogP contribution in [0.1, 0.15) is 23.5 Å². The minimum absolute atomic E-state index is 0.0213. The standard InChI is InChI=1S/C22H21NO2/c24-21-20-19(17-9-5-2-6-10-17)18-11-12-22(20,25-18)13-14-23(21)15-16-7-3-1-4-8-16/h1-12,18-20H,13-15H2/t18-,19-,20-,22+/m1/s1. The Morgan fingerprint density at radius 2 is 1.76 bits per heavy atom. The lowest BCUT2D eigenvalue weighted by Crippen LogP contribution is -2.53. The monoisotopic (exact) mass is 331 g/mol. The average Bonchev–Trinajstić information content (AvgIpc) is 3.22. The van der Waals surface area contributed by atoms with Crippen molar-refractivity contribution in [2.24, 2.45) is 5.92 Å². The van der Waals surface area contributed by atoms with E-state index in [2.05, 4.69) is 36.4 Å². The second kappa shape index (κ2) is 5.57. The summed E-state index contributed by atoms with van der Waals surface area (Å²) < 4.78 is 6.34. The van der Waals surface area contributed by atoms with Crippen molar-refractivity contribution in [2.45, 2.75) is 30.6 Å². The Kier molecular flexibility index (Phi) is 3.32. The van der Waals surface area contributed by atoms with Gasteiger partial charge >= 0.3 is 0 Å². The van der Waals surface area contributed by atoms with Gasteiger partial charge in [0.25, 0.3) is 0 Å². The number of benzene rings is 2. The summed E-state index contributed by atoms with van der Waals surface area (Å²) in [5, 5.41) is 0. The summed E-state index contributed by atoms with van der Waals surface area (Å²) in [7, 11) is 0. The number of likely N-dealkylation sites (tertiary alicyclic amines) is 1. The van der Waals surface area contributed by atoms with Gasteiger partial charge < -0.3 is 9.64 Å². The third-order valence-electron chi connectivity index (χ3n) is 5.91. The second-order valence-corrected chi connectivity index (χ2v) is 7.31. The molecule has 3 heteroatoms. The van der Waals surface area contributed by atoms with Crippen LogP contribution < -0.4 is 0 Å². The summed E-state index contributed by atoms with van der Waals surface area (Å²) in [4.78, 5) is 15.4. The number of carbonyl (C=O) groups is 1. The summed E-state index contributed by atoms with van der Waals surface area (Å²) in [6.07, 6.45) is 5.22. The molecule has 1 amide bonds. The lowest BCUT2D eigenvalue weighted by molar-refractivity contribution is -0.147. The summed E-state index contributed by atoms with van der Waals surface area (Å²) in [6, 6.07) is 20.6. The maximum Gasteiger partial charge on any atom is 0.229 e. The Morgan fingerprint density at radius 3 is 2.52 bits per heavy atom. The predicted molar refractivity (Wildman–Crippen MR) is 95.9 cm³/mol. The molecule has 25 heavy (non-hydrogen) atoms. The van der Waals surface area contributed by atoms with Gasteiger partial charge in [-0.2, -0.15) is 0 Å². The van der Waals surface area contributed by atoms with Crippen LogP contribution in [0.5, 0.6) is 0 Å². The van der Waals surface area contributed by atoms with E-state index < -0.39 is 5.60 Å². The van der Waals surface area contributed by atoms with Crippen LogP contribution in [0.2, 0.25) is 0 Å². The molecule has 2 aromatic carbocycles. The fraction of sp³-hybridized carbons (Fsp3) is 0.318. The second-order valence-electron chi connectivity index (χ2n) is 7.31. The molecule has 0 radical (unpaired) electrons. The molecule has 5 rings (SSSR count). The van der Waals surface area contributed by atoms with E-state index in [1.54, 1.807) is 0 Å². The van der Waals surface area contributed by atoms with E-state index in [-0.39, 0.29) is 23.8 Å². The Hall–Kier alpha value is -2.39. The van der Waals surface area contributed by atoms with Crippen LogP contribution in [0, 0.1) is 5.92 Å². The molecule has 0 aliphatic carbocycles. The van der Waals surface area contributed by atoms with Crippen LogP contribution in [0.25, 0.3) is 0 Å². The van der Waals surface area contributed by atoms with Gasteiger partial charge in [-0.15, -0.1) is 0 Å². The lowest BCUT2D eigenvalue weighted by atomic mass is 9.69. The van der Waals surface area contributed by atoms with Crippen molar-refractivity contribution < 1.29 is 9.53 Å². The highest BCUT2D eigenvalue weighted by Gasteiger charge is 2.62. The van der Waals surface area contributed by atoms with E-state index >= 15 is 0 Å². The molecule has 0 N–H and O–H groups in total. The SMILES string of the molecule is O=C1[C@H]2[C@H](c3ccccc3)[C@H]3C=C[C@@]2(CCN1Cc1ccccc1)O3. The van der Waals surface area contributed by atoms with Crippen molar-refractivity contribution in [3.63, 3.8) is 0 Å². The topological polar surface area (TPSA) is 29.5 Å². The summed E-state index contributed by atoms with van der Waals surface area (Å²) in [5.41, 5.74) is 2.00. The highest BCUT2D eigenvalue weighted by molar-refractivity contribution is 5.84. The van der Waals surface area contributed by atoms with Gasteiger partial charge in [0.15, 0.2) is 0 Å². The first-order chi connectivity index (χ1) is 12.3. The summed E-state index contributed by atoms with van der Waals surface area (Å²) in [5.74, 6) is 0.246. The van der Waals surface area contributed by atoms with E-state index in [0.29, 0.717) is 6.54 Å². The number of carbonyl (C=O) groups excluding carboxylic acids is 1. The molecule has 2 saturated heterocycles. The van der Waals surface area contributed by atoms with Gasteiger partial charge in [-0.3, -0.25) is 4.79 Å². The number of amides is 1. The normalized spacial score (nSPS) is 32.9. The molecule has 0 unspecified atom stereocenters. The predicted octanol–water partition coefficient (Wildman–Crippen LogP) is 3.53. The quantitative estimate of drug-likeness (QED) is 0.805. The van der Waals surface area contributed by atoms with Crippen LogP contribution in [0.15, 0.2) is 72.8 Å². The van der Waals surface area contributed by atoms with Gasteiger partial charge in [0.1, 0.15) is 5.60 Å². The molecule has 2 aromatic rings. The van der Waals surface area contributed by atoms with Crippen molar-refractivity contribution in [1.29, 1.82) is 0 Å². The molecule has 1 spiro atoms. The van der Waals surface area contributed by atoms with E-state index in [4.69, 9.17) is 4.74 Å². The van der Waals surface area contributed by atoms with Gasteiger partial charge in [-0.05, 0) is 17.5 Å². The average molecular weight is 331 g/mol. The van der Waals surface area contributed by atoms with Gasteiger partial charge in [0.05, 0.1) is 12.0 Å². The van der Waals surface area contributed by atoms with Crippen molar-refractivity contribution in [1.82, 2.24) is 4.90 Å². The summed E-state index contributed by atoms with van der Waals surface area (Å²) >= 11 is 0. The number of piperidine rings is 1. The first kappa shape index (κ1) is 14.9. The minimum atomic E-state index is -0.393. The van der Waals surface area contributed by atoms with Crippen molar-refractivity contribution in [3.8, 4) is 0 Å². The van der Waals surface area contributed by atoms with E-state index in [1.807, 2.05) is 41.3 Å². The highest BCUT2D eigenvalue weighted by atomic mass is 16.5. The van der Waals surface area contributed by atoms with Gasteiger partial charge in [0.2, 0.25) is 5.91 Å². The highest BCUT2D eigenvalue weighted by Crippen LogP contribution is 2.55. The van der Waals surface area contributed by atoms with Gasteiger partial charge in [-0.1, -0.05) is 72.8 Å². The third-order valence-corrected chi connectivity index (χ3v) is 5.91. The van der Waals surface area contributed by atoms with Crippen LogP contribution in [0.3, 0.4) is 0 Å². The molecule has 2 fully saturated rings. The number of nitrogens with zero attached hydrogens (tertiary/aromatic N) is 1.